The Bertz CT molecular complexity index is 1130. The van der Waals surface area contributed by atoms with E-state index in [1.54, 1.807) is 11.0 Å². The number of hydrogen-bond acceptors (Lipinski definition) is 6. The van der Waals surface area contributed by atoms with Gasteiger partial charge in [-0.25, -0.2) is 0 Å². The van der Waals surface area contributed by atoms with E-state index in [-0.39, 0.29) is 24.3 Å². The summed E-state index contributed by atoms with van der Waals surface area (Å²) in [7, 11) is 0. The average Bonchev–Trinajstić information content (AvgIpc) is 3.34. The summed E-state index contributed by atoms with van der Waals surface area (Å²) in [5.74, 6) is -0.101. The number of carbonyl (C=O) groups excluding carboxylic acids is 3. The molecule has 0 spiro atoms. The molecule has 2 atom stereocenters. The Labute approximate surface area is 192 Å². The standard InChI is InChI=1S/C25H28N4O4/c1-15-9-17(11-26-16(15)2)12-28-8-7-20(14-28)33-19-3-4-21-18(10-19)13-29(25(21)32)22-5-6-23(30)27-24(22)31/h3-4,9-11,20,22H,5-8,12-14H2,1-2H3,(H,27,30,31). The molecule has 5 rings (SSSR count). The van der Waals surface area contributed by atoms with E-state index in [1.807, 2.05) is 25.3 Å². The molecular formula is C25H28N4O4. The van der Waals surface area contributed by atoms with Crippen LogP contribution in [0.15, 0.2) is 30.5 Å². The Morgan fingerprint density at radius 3 is 2.79 bits per heavy atom. The zero-order valence-electron chi connectivity index (χ0n) is 19.0. The van der Waals surface area contributed by atoms with Crippen LogP contribution in [-0.2, 0) is 22.7 Å². The van der Waals surface area contributed by atoms with Gasteiger partial charge in [0.2, 0.25) is 11.8 Å². The molecule has 3 amide bonds. The Balaban J connectivity index is 1.20. The third kappa shape index (κ3) is 4.35. The summed E-state index contributed by atoms with van der Waals surface area (Å²) in [6.45, 7) is 7.12. The largest absolute Gasteiger partial charge is 0.489 e. The highest BCUT2D eigenvalue weighted by Crippen LogP contribution is 2.31. The lowest BCUT2D eigenvalue weighted by atomic mass is 10.0. The maximum absolute atomic E-state index is 12.8. The van der Waals surface area contributed by atoms with Gasteiger partial charge in [-0.1, -0.05) is 6.07 Å². The number of rotatable bonds is 5. The maximum Gasteiger partial charge on any atom is 0.255 e. The van der Waals surface area contributed by atoms with Crippen molar-refractivity contribution < 1.29 is 19.1 Å². The number of fused-ring (bicyclic) bond motifs is 1. The number of aryl methyl sites for hydroxylation is 2. The quantitative estimate of drug-likeness (QED) is 0.705. The van der Waals surface area contributed by atoms with Gasteiger partial charge in [-0.05, 0) is 61.6 Å². The van der Waals surface area contributed by atoms with Gasteiger partial charge in [0, 0.05) is 50.1 Å². The number of carbonyl (C=O) groups is 3. The number of benzene rings is 1. The minimum Gasteiger partial charge on any atom is -0.489 e. The molecule has 0 aliphatic carbocycles. The Kier molecular flexibility index (Phi) is 5.62. The number of likely N-dealkylation sites (tertiary alicyclic amines) is 1. The van der Waals surface area contributed by atoms with Gasteiger partial charge in [0.15, 0.2) is 0 Å². The molecule has 2 fully saturated rings. The minimum atomic E-state index is -0.602. The van der Waals surface area contributed by atoms with Crippen LogP contribution in [-0.4, -0.2) is 57.7 Å². The van der Waals surface area contributed by atoms with Crippen LogP contribution in [0.2, 0.25) is 0 Å². The van der Waals surface area contributed by atoms with Gasteiger partial charge in [-0.15, -0.1) is 0 Å². The van der Waals surface area contributed by atoms with Gasteiger partial charge in [0.1, 0.15) is 17.9 Å². The van der Waals surface area contributed by atoms with E-state index in [2.05, 4.69) is 28.2 Å². The lowest BCUT2D eigenvalue weighted by Gasteiger charge is -2.29. The Morgan fingerprint density at radius 2 is 2.00 bits per heavy atom. The van der Waals surface area contributed by atoms with Gasteiger partial charge < -0.3 is 9.64 Å². The van der Waals surface area contributed by atoms with Crippen molar-refractivity contribution in [2.75, 3.05) is 13.1 Å². The van der Waals surface area contributed by atoms with Crippen LogP contribution in [0.1, 0.15) is 52.0 Å². The lowest BCUT2D eigenvalue weighted by molar-refractivity contribution is -0.136. The van der Waals surface area contributed by atoms with Crippen LogP contribution in [0.4, 0.5) is 0 Å². The van der Waals surface area contributed by atoms with Crippen molar-refractivity contribution in [1.29, 1.82) is 0 Å². The molecular weight excluding hydrogens is 420 g/mol. The normalized spacial score (nSPS) is 23.1. The van der Waals surface area contributed by atoms with Gasteiger partial charge in [0.25, 0.3) is 5.91 Å². The summed E-state index contributed by atoms with van der Waals surface area (Å²) in [6.07, 6.45) is 3.59. The summed E-state index contributed by atoms with van der Waals surface area (Å²) in [6, 6.07) is 7.12. The van der Waals surface area contributed by atoms with Crippen LogP contribution in [0, 0.1) is 13.8 Å². The summed E-state index contributed by atoms with van der Waals surface area (Å²) < 4.78 is 6.25. The smallest absolute Gasteiger partial charge is 0.255 e. The van der Waals surface area contributed by atoms with E-state index >= 15 is 0 Å². The average molecular weight is 449 g/mol. The monoisotopic (exact) mass is 448 g/mol. The number of pyridine rings is 1. The molecule has 2 saturated heterocycles. The minimum absolute atomic E-state index is 0.0888. The number of ether oxygens (including phenoxy) is 1. The highest BCUT2D eigenvalue weighted by atomic mass is 16.5. The summed E-state index contributed by atoms with van der Waals surface area (Å²) >= 11 is 0. The highest BCUT2D eigenvalue weighted by Gasteiger charge is 2.39. The molecule has 3 aliphatic rings. The van der Waals surface area contributed by atoms with Crippen molar-refractivity contribution in [2.45, 2.75) is 58.3 Å². The molecule has 2 unspecified atom stereocenters. The molecule has 8 nitrogen and oxygen atoms in total. The first-order valence-electron chi connectivity index (χ1n) is 11.5. The maximum atomic E-state index is 12.8. The first-order chi connectivity index (χ1) is 15.9. The molecule has 0 bridgehead atoms. The molecule has 1 aromatic heterocycles. The predicted molar refractivity (Wildman–Crippen MR) is 121 cm³/mol. The van der Waals surface area contributed by atoms with E-state index in [9.17, 15) is 14.4 Å². The lowest BCUT2D eigenvalue weighted by Crippen LogP contribution is -2.52. The number of nitrogens with zero attached hydrogens (tertiary/aromatic N) is 3. The number of aromatic nitrogens is 1. The van der Waals surface area contributed by atoms with Crippen molar-refractivity contribution in [2.24, 2.45) is 0 Å². The molecule has 8 heteroatoms. The second-order valence-electron chi connectivity index (χ2n) is 9.23. The van der Waals surface area contributed by atoms with Crippen molar-refractivity contribution in [3.05, 3.63) is 58.4 Å². The van der Waals surface area contributed by atoms with Crippen LogP contribution < -0.4 is 10.1 Å². The fraction of sp³-hybridized carbons (Fsp3) is 0.440. The fourth-order valence-electron chi connectivity index (χ4n) is 4.90. The molecule has 33 heavy (non-hydrogen) atoms. The van der Waals surface area contributed by atoms with Gasteiger partial charge in [-0.3, -0.25) is 29.6 Å². The van der Waals surface area contributed by atoms with Crippen molar-refractivity contribution >= 4 is 17.7 Å². The first kappa shape index (κ1) is 21.6. The second kappa shape index (κ2) is 8.59. The molecule has 0 saturated carbocycles. The van der Waals surface area contributed by atoms with Crippen LogP contribution in [0.3, 0.4) is 0 Å². The first-order valence-corrected chi connectivity index (χ1v) is 11.5. The number of nitrogens with one attached hydrogen (secondary N) is 1. The molecule has 2 aromatic rings. The Morgan fingerprint density at radius 1 is 1.15 bits per heavy atom. The molecule has 1 aromatic carbocycles. The van der Waals surface area contributed by atoms with E-state index < -0.39 is 11.9 Å². The van der Waals surface area contributed by atoms with Crippen LogP contribution >= 0.6 is 0 Å². The molecule has 0 radical (unpaired) electrons. The zero-order valence-corrected chi connectivity index (χ0v) is 19.0. The third-order valence-corrected chi connectivity index (χ3v) is 6.83. The number of hydrogen-bond donors (Lipinski definition) is 1. The summed E-state index contributed by atoms with van der Waals surface area (Å²) in [5.41, 5.74) is 4.94. The van der Waals surface area contributed by atoms with Gasteiger partial charge in [-0.2, -0.15) is 0 Å². The van der Waals surface area contributed by atoms with Crippen LogP contribution in [0.25, 0.3) is 0 Å². The molecule has 4 heterocycles. The van der Waals surface area contributed by atoms with E-state index in [0.717, 1.165) is 43.1 Å². The summed E-state index contributed by atoms with van der Waals surface area (Å²) in [5, 5.41) is 2.34. The molecule has 1 N–H and O–H groups in total. The topological polar surface area (TPSA) is 91.8 Å². The fourth-order valence-corrected chi connectivity index (χ4v) is 4.90. The van der Waals surface area contributed by atoms with E-state index in [4.69, 9.17) is 4.74 Å². The van der Waals surface area contributed by atoms with Crippen LogP contribution in [0.5, 0.6) is 5.75 Å². The Hall–Kier alpha value is -3.26. The van der Waals surface area contributed by atoms with Crippen molar-refractivity contribution in [3.63, 3.8) is 0 Å². The molecule has 3 aliphatic heterocycles. The van der Waals surface area contributed by atoms with Crippen molar-refractivity contribution in [3.8, 4) is 5.75 Å². The number of imide groups is 1. The van der Waals surface area contributed by atoms with E-state index in [1.165, 1.54) is 11.1 Å². The number of amides is 3. The number of piperidine rings is 1. The van der Waals surface area contributed by atoms with Crippen molar-refractivity contribution in [1.82, 2.24) is 20.1 Å². The predicted octanol–water partition coefficient (Wildman–Crippen LogP) is 2.11. The zero-order chi connectivity index (χ0) is 23.1. The highest BCUT2D eigenvalue weighted by molar-refractivity contribution is 6.05. The van der Waals surface area contributed by atoms with E-state index in [0.29, 0.717) is 18.5 Å². The van der Waals surface area contributed by atoms with Gasteiger partial charge in [0.05, 0.1) is 0 Å². The SMILES string of the molecule is Cc1cc(CN2CCC(Oc3ccc4c(c3)CN(C3CCC(=O)NC3=O)C4=O)C2)cnc1C. The molecule has 172 valence electrons. The van der Waals surface area contributed by atoms with Gasteiger partial charge >= 0.3 is 0 Å². The second-order valence-corrected chi connectivity index (χ2v) is 9.23. The third-order valence-electron chi connectivity index (χ3n) is 6.83. The summed E-state index contributed by atoms with van der Waals surface area (Å²) in [4.78, 5) is 44.9.